The third kappa shape index (κ3) is 4.86. The Bertz CT molecular complexity index is 887. The summed E-state index contributed by atoms with van der Waals surface area (Å²) >= 11 is 0. The maximum Gasteiger partial charge on any atom is 0.269 e. The number of methoxy groups -OCH3 is 1. The number of benzene rings is 1. The average Bonchev–Trinajstić information content (AvgIpc) is 3.46. The van der Waals surface area contributed by atoms with Gasteiger partial charge in [-0.05, 0) is 70.2 Å². The zero-order chi connectivity index (χ0) is 21.3. The molecule has 1 saturated carbocycles. The van der Waals surface area contributed by atoms with Crippen LogP contribution in [0.5, 0.6) is 5.75 Å². The molecule has 2 heterocycles. The first-order valence-electron chi connectivity index (χ1n) is 11.1. The second-order valence-electron chi connectivity index (χ2n) is 9.69. The van der Waals surface area contributed by atoms with E-state index in [1.54, 1.807) is 7.11 Å². The molecule has 0 unspecified atom stereocenters. The van der Waals surface area contributed by atoms with E-state index in [9.17, 15) is 4.79 Å². The van der Waals surface area contributed by atoms with Crippen LogP contribution in [0.1, 0.15) is 74.1 Å². The van der Waals surface area contributed by atoms with Crippen LogP contribution in [0, 0.1) is 0 Å². The van der Waals surface area contributed by atoms with E-state index in [0.29, 0.717) is 11.6 Å². The summed E-state index contributed by atoms with van der Waals surface area (Å²) in [6.45, 7) is 9.18. The summed E-state index contributed by atoms with van der Waals surface area (Å²) in [4.78, 5) is 15.5. The van der Waals surface area contributed by atoms with Gasteiger partial charge in [-0.15, -0.1) is 0 Å². The van der Waals surface area contributed by atoms with Crippen molar-refractivity contribution in [1.82, 2.24) is 20.0 Å². The van der Waals surface area contributed by atoms with Gasteiger partial charge in [0.1, 0.15) is 11.4 Å². The highest BCUT2D eigenvalue weighted by atomic mass is 16.5. The van der Waals surface area contributed by atoms with Crippen LogP contribution >= 0.6 is 0 Å². The first-order chi connectivity index (χ1) is 14.3. The number of ether oxygens (including phenoxy) is 1. The van der Waals surface area contributed by atoms with Gasteiger partial charge in [-0.1, -0.05) is 12.1 Å². The molecule has 0 spiro atoms. The Hall–Kier alpha value is -2.34. The Labute approximate surface area is 179 Å². The molecule has 0 radical (unpaired) electrons. The predicted octanol–water partition coefficient (Wildman–Crippen LogP) is 3.92. The molecule has 1 N–H and O–H groups in total. The molecule has 6 nitrogen and oxygen atoms in total. The minimum atomic E-state index is -0.208. The fourth-order valence-corrected chi connectivity index (χ4v) is 4.17. The number of likely N-dealkylation sites (tertiary alicyclic amines) is 1. The molecular weight excluding hydrogens is 376 g/mol. The number of carbonyl (C=O) groups is 1. The molecule has 4 rings (SSSR count). The summed E-state index contributed by atoms with van der Waals surface area (Å²) in [6, 6.07) is 10.5. The average molecular weight is 411 g/mol. The molecule has 162 valence electrons. The van der Waals surface area contributed by atoms with Crippen LogP contribution in [-0.2, 0) is 12.1 Å². The summed E-state index contributed by atoms with van der Waals surface area (Å²) in [5, 5.41) is 8.04. The van der Waals surface area contributed by atoms with E-state index >= 15 is 0 Å². The lowest BCUT2D eigenvalue weighted by Crippen LogP contribution is -2.45. The maximum atomic E-state index is 13.1. The van der Waals surface area contributed by atoms with Gasteiger partial charge in [-0.25, -0.2) is 0 Å². The predicted molar refractivity (Wildman–Crippen MR) is 118 cm³/mol. The van der Waals surface area contributed by atoms with Gasteiger partial charge in [0.15, 0.2) is 0 Å². The second-order valence-corrected chi connectivity index (χ2v) is 9.69. The fourth-order valence-electron chi connectivity index (χ4n) is 4.17. The van der Waals surface area contributed by atoms with Gasteiger partial charge in [0.05, 0.1) is 18.3 Å². The zero-order valence-electron chi connectivity index (χ0n) is 18.6. The first-order valence-corrected chi connectivity index (χ1v) is 11.1. The van der Waals surface area contributed by atoms with Gasteiger partial charge in [0.2, 0.25) is 0 Å². The van der Waals surface area contributed by atoms with E-state index in [-0.39, 0.29) is 17.5 Å². The largest absolute Gasteiger partial charge is 0.497 e. The third-order valence-electron chi connectivity index (χ3n) is 6.06. The Morgan fingerprint density at radius 3 is 2.53 bits per heavy atom. The third-order valence-corrected chi connectivity index (χ3v) is 6.06. The lowest BCUT2D eigenvalue weighted by atomic mass is 10.0. The summed E-state index contributed by atoms with van der Waals surface area (Å²) in [7, 11) is 1.70. The van der Waals surface area contributed by atoms with Crippen molar-refractivity contribution >= 4 is 5.91 Å². The van der Waals surface area contributed by atoms with Crippen LogP contribution in [-0.4, -0.2) is 46.8 Å². The number of rotatable bonds is 6. The topological polar surface area (TPSA) is 59.4 Å². The molecule has 0 bridgehead atoms. The molecule has 1 aromatic carbocycles. The number of amides is 1. The number of piperidine rings is 1. The Balaban J connectivity index is 1.34. The molecule has 1 aliphatic heterocycles. The van der Waals surface area contributed by atoms with Crippen molar-refractivity contribution in [2.45, 2.75) is 70.5 Å². The molecule has 1 aromatic heterocycles. The fraction of sp³-hybridized carbons (Fsp3) is 0.583. The normalized spacial score (nSPS) is 18.4. The summed E-state index contributed by atoms with van der Waals surface area (Å²) in [5.74, 6) is 1.45. The number of carbonyl (C=O) groups excluding carboxylic acids is 1. The van der Waals surface area contributed by atoms with Crippen molar-refractivity contribution in [2.75, 3.05) is 20.2 Å². The highest BCUT2D eigenvalue weighted by Crippen LogP contribution is 2.40. The zero-order valence-corrected chi connectivity index (χ0v) is 18.6. The Kier molecular flexibility index (Phi) is 5.87. The van der Waals surface area contributed by atoms with Crippen LogP contribution in [0.3, 0.4) is 0 Å². The van der Waals surface area contributed by atoms with Crippen molar-refractivity contribution in [3.8, 4) is 5.75 Å². The lowest BCUT2D eigenvalue weighted by molar-refractivity contribution is 0.0890. The number of nitrogens with one attached hydrogen (secondary N) is 1. The van der Waals surface area contributed by atoms with E-state index in [4.69, 9.17) is 9.84 Å². The highest BCUT2D eigenvalue weighted by Gasteiger charge is 2.32. The molecule has 2 aliphatic rings. The smallest absolute Gasteiger partial charge is 0.269 e. The number of aromatic nitrogens is 2. The summed E-state index contributed by atoms with van der Waals surface area (Å²) < 4.78 is 7.24. The van der Waals surface area contributed by atoms with Gasteiger partial charge in [0, 0.05) is 31.6 Å². The Morgan fingerprint density at radius 1 is 1.17 bits per heavy atom. The molecule has 2 fully saturated rings. The van der Waals surface area contributed by atoms with Gasteiger partial charge in [-0.3, -0.25) is 14.4 Å². The molecule has 1 aliphatic carbocycles. The molecule has 1 saturated heterocycles. The lowest BCUT2D eigenvalue weighted by Gasteiger charge is -2.32. The van der Waals surface area contributed by atoms with E-state index in [2.05, 4.69) is 43.1 Å². The van der Waals surface area contributed by atoms with Gasteiger partial charge < -0.3 is 10.1 Å². The van der Waals surface area contributed by atoms with E-state index in [1.165, 1.54) is 18.4 Å². The van der Waals surface area contributed by atoms with Crippen LogP contribution in [0.4, 0.5) is 0 Å². The van der Waals surface area contributed by atoms with Crippen molar-refractivity contribution in [2.24, 2.45) is 0 Å². The van der Waals surface area contributed by atoms with Crippen LogP contribution in [0.2, 0.25) is 0 Å². The van der Waals surface area contributed by atoms with Crippen molar-refractivity contribution in [3.05, 3.63) is 47.3 Å². The number of nitrogens with zero attached hydrogens (tertiary/aromatic N) is 3. The van der Waals surface area contributed by atoms with Crippen molar-refractivity contribution in [1.29, 1.82) is 0 Å². The van der Waals surface area contributed by atoms with Gasteiger partial charge >= 0.3 is 0 Å². The standard InChI is InChI=1S/C24H34N4O2/c1-24(2,3)28-22(15-21(26-28)18-8-9-18)23(29)25-19-10-12-27(13-11-19)16-17-6-5-7-20(14-17)30-4/h5-7,14-15,18-19H,8-13,16H2,1-4H3,(H,25,29). The van der Waals surface area contributed by atoms with Crippen LogP contribution < -0.4 is 10.1 Å². The molecular formula is C24H34N4O2. The van der Waals surface area contributed by atoms with Gasteiger partial charge in [0.25, 0.3) is 5.91 Å². The molecule has 0 atom stereocenters. The van der Waals surface area contributed by atoms with Crippen LogP contribution in [0.25, 0.3) is 0 Å². The molecule has 6 heteroatoms. The van der Waals surface area contributed by atoms with E-state index < -0.39 is 0 Å². The quantitative estimate of drug-likeness (QED) is 0.784. The Morgan fingerprint density at radius 2 is 1.90 bits per heavy atom. The monoisotopic (exact) mass is 410 g/mol. The van der Waals surface area contributed by atoms with E-state index in [0.717, 1.165) is 43.9 Å². The molecule has 1 amide bonds. The number of hydrogen-bond acceptors (Lipinski definition) is 4. The second kappa shape index (κ2) is 8.42. The highest BCUT2D eigenvalue weighted by molar-refractivity contribution is 5.93. The van der Waals surface area contributed by atoms with Crippen LogP contribution in [0.15, 0.2) is 30.3 Å². The molecule has 30 heavy (non-hydrogen) atoms. The minimum Gasteiger partial charge on any atom is -0.497 e. The van der Waals surface area contributed by atoms with E-state index in [1.807, 2.05) is 22.9 Å². The minimum absolute atomic E-state index is 0.00979. The van der Waals surface area contributed by atoms with Gasteiger partial charge in [-0.2, -0.15) is 5.10 Å². The molecule has 2 aromatic rings. The number of hydrogen-bond donors (Lipinski definition) is 1. The maximum absolute atomic E-state index is 13.1. The first kappa shape index (κ1) is 20.9. The summed E-state index contributed by atoms with van der Waals surface area (Å²) in [5.41, 5.74) is 2.82. The summed E-state index contributed by atoms with van der Waals surface area (Å²) in [6.07, 6.45) is 4.31. The van der Waals surface area contributed by atoms with Crippen molar-refractivity contribution < 1.29 is 9.53 Å². The SMILES string of the molecule is COc1cccc(CN2CCC(NC(=O)c3cc(C4CC4)nn3C(C)(C)C)CC2)c1. The van der Waals surface area contributed by atoms with Crippen molar-refractivity contribution in [3.63, 3.8) is 0 Å².